The van der Waals surface area contributed by atoms with E-state index in [0.717, 1.165) is 0 Å². The van der Waals surface area contributed by atoms with Crippen LogP contribution in [0.4, 0.5) is 25.2 Å². The first-order chi connectivity index (χ1) is 3.86. The van der Waals surface area contributed by atoms with Crippen LogP contribution in [0, 0.1) is 0 Å². The van der Waals surface area contributed by atoms with Gasteiger partial charge in [-0.1, -0.05) is 0 Å². The summed E-state index contributed by atoms with van der Waals surface area (Å²) in [5.41, 5.74) is 0. The first kappa shape index (κ1) is 12.6. The van der Waals surface area contributed by atoms with Crippen molar-refractivity contribution < 1.29 is 26.6 Å². The number of hydrogen-bond donors (Lipinski definition) is 1. The predicted octanol–water partition coefficient (Wildman–Crippen LogP) is 3.33. The second-order valence-corrected chi connectivity index (χ2v) is 3.37. The van der Waals surface area contributed by atoms with Crippen LogP contribution in [0.2, 0.25) is 0 Å². The minimum absolute atomic E-state index is 0. The molecule has 0 heterocycles. The quantitative estimate of drug-likeness (QED) is 0.457. The smallest absolute Gasteiger partial charge is 1.00 e. The largest absolute Gasteiger partial charge is 1.00 e. The van der Waals surface area contributed by atoms with E-state index in [1.165, 1.54) is 0 Å². The summed E-state index contributed by atoms with van der Waals surface area (Å²) in [7, 11) is -6.91. The Bertz CT molecular complexity index is 89.9. The van der Waals surface area contributed by atoms with Gasteiger partial charge in [-0.2, -0.15) is 0 Å². The van der Waals surface area contributed by atoms with Gasteiger partial charge >= 0.3 is 34.4 Å². The summed E-state index contributed by atoms with van der Waals surface area (Å²) >= 11 is 0. The van der Waals surface area contributed by atoms with Gasteiger partial charge in [0.15, 0.2) is 0 Å². The summed E-state index contributed by atoms with van der Waals surface area (Å²) in [5.74, 6) is 0. The minimum Gasteiger partial charge on any atom is 1.00 e. The average Bonchev–Trinajstić information content (AvgIpc) is 1.20. The number of nitrogens with one attached hydrogen (secondary N) is 1. The summed E-state index contributed by atoms with van der Waals surface area (Å²) in [6.45, 7) is 0. The summed E-state index contributed by atoms with van der Waals surface area (Å²) < 4.78 is 59.2. The van der Waals surface area contributed by atoms with Gasteiger partial charge in [-0.15, -0.1) is 0 Å². The second-order valence-electron chi connectivity index (χ2n) is 1.46. The van der Waals surface area contributed by atoms with Crippen LogP contribution in [-0.4, -0.2) is 14.1 Å². The Hall–Kier alpha value is -0.0300. The van der Waals surface area contributed by atoms with Crippen molar-refractivity contribution in [2.45, 2.75) is 0 Å². The maximum atomic E-state index is 9.87. The molecular formula is C2H8F6NP. The maximum Gasteiger partial charge on any atom is 1.00 e. The average molecular weight is 191 g/mol. The Kier molecular flexibility index (Phi) is 2.82. The number of rotatable bonds is 0. The molecule has 10 heavy (non-hydrogen) atoms. The normalized spacial score (nSPS) is 18.0. The zero-order chi connectivity index (χ0) is 9.12. The van der Waals surface area contributed by atoms with Crippen molar-refractivity contribution in [3.63, 3.8) is 0 Å². The van der Waals surface area contributed by atoms with E-state index in [1.54, 1.807) is 0 Å². The van der Waals surface area contributed by atoms with E-state index in [2.05, 4.69) is 5.32 Å². The van der Waals surface area contributed by atoms with Crippen LogP contribution < -0.4 is 5.32 Å². The van der Waals surface area contributed by atoms with Gasteiger partial charge < -0.3 is 5.32 Å². The van der Waals surface area contributed by atoms with Gasteiger partial charge in [0.25, 0.3) is 0 Å². The molecule has 0 unspecified atom stereocenters. The fraction of sp³-hybridized carbons (Fsp3) is 1.00. The van der Waals surface area contributed by atoms with Gasteiger partial charge in [0.2, 0.25) is 0 Å². The molecule has 0 aromatic heterocycles. The van der Waals surface area contributed by atoms with Crippen LogP contribution in [0.5, 0.6) is 0 Å². The van der Waals surface area contributed by atoms with Crippen LogP contribution in [-0.2, 0) is 0 Å². The van der Waals surface area contributed by atoms with Crippen LogP contribution in [0.1, 0.15) is 1.43 Å². The molecule has 8 heteroatoms. The van der Waals surface area contributed by atoms with Crippen molar-refractivity contribution in [1.82, 2.24) is 5.32 Å². The molecule has 0 saturated heterocycles. The van der Waals surface area contributed by atoms with E-state index in [1.807, 2.05) is 14.1 Å². The van der Waals surface area contributed by atoms with E-state index < -0.39 is 7.81 Å². The maximum absolute atomic E-state index is 10.7. The van der Waals surface area contributed by atoms with Crippen molar-refractivity contribution >= 4 is 7.81 Å². The molecule has 0 spiro atoms. The van der Waals surface area contributed by atoms with Crippen LogP contribution >= 0.6 is 7.81 Å². The number of halogens is 6. The molecule has 0 saturated carbocycles. The predicted molar refractivity (Wildman–Crippen MR) is 29.7 cm³/mol. The standard InChI is InChI=1S/C2H7N.F6P/c1-3-2;1-7(2,3,4,5)6/h3H,1-2H3;/q;-1/p+1. The molecular weight excluding hydrogens is 183 g/mol. The van der Waals surface area contributed by atoms with Gasteiger partial charge in [-0.25, -0.2) is 0 Å². The molecule has 0 aromatic rings. The van der Waals surface area contributed by atoms with Crippen LogP contribution in [0.3, 0.4) is 0 Å². The van der Waals surface area contributed by atoms with Gasteiger partial charge in [-0.3, -0.25) is 0 Å². The zero-order valence-electron chi connectivity index (χ0n) is 6.22. The van der Waals surface area contributed by atoms with E-state index in [9.17, 15) is 25.2 Å². The van der Waals surface area contributed by atoms with Crippen LogP contribution in [0.25, 0.3) is 0 Å². The van der Waals surface area contributed by atoms with Crippen molar-refractivity contribution in [1.29, 1.82) is 0 Å². The van der Waals surface area contributed by atoms with Gasteiger partial charge in [-0.05, 0) is 14.1 Å². The third-order valence-corrected chi connectivity index (χ3v) is 0. The van der Waals surface area contributed by atoms with Crippen molar-refractivity contribution in [3.8, 4) is 0 Å². The minimum atomic E-state index is -10.7. The third kappa shape index (κ3) is 430000. The van der Waals surface area contributed by atoms with Crippen molar-refractivity contribution in [3.05, 3.63) is 0 Å². The molecule has 1 N–H and O–H groups in total. The summed E-state index contributed by atoms with van der Waals surface area (Å²) in [5, 5.41) is 2.75. The number of hydrogen-bond acceptors (Lipinski definition) is 1. The van der Waals surface area contributed by atoms with E-state index in [-0.39, 0.29) is 1.43 Å². The summed E-state index contributed by atoms with van der Waals surface area (Å²) in [6.07, 6.45) is 0. The molecule has 0 aliphatic heterocycles. The molecule has 0 atom stereocenters. The van der Waals surface area contributed by atoms with Crippen LogP contribution in [0.15, 0.2) is 0 Å². The molecule has 0 rings (SSSR count). The topological polar surface area (TPSA) is 12.0 Å². The Morgan fingerprint density at radius 2 is 0.900 bits per heavy atom. The summed E-state index contributed by atoms with van der Waals surface area (Å²) in [6, 6.07) is 0. The van der Waals surface area contributed by atoms with Crippen molar-refractivity contribution in [2.24, 2.45) is 0 Å². The van der Waals surface area contributed by atoms with Crippen molar-refractivity contribution in [2.75, 3.05) is 14.1 Å². The first-order valence-corrected chi connectivity index (χ1v) is 4.04. The second kappa shape index (κ2) is 2.23. The summed E-state index contributed by atoms with van der Waals surface area (Å²) in [4.78, 5) is 0. The molecule has 0 fully saturated rings. The molecule has 0 amide bonds. The first-order valence-electron chi connectivity index (χ1n) is 2.01. The Balaban J connectivity index is -0.000000140. The molecule has 0 aliphatic carbocycles. The van der Waals surface area contributed by atoms with E-state index in [0.29, 0.717) is 0 Å². The van der Waals surface area contributed by atoms with E-state index in [4.69, 9.17) is 0 Å². The van der Waals surface area contributed by atoms with E-state index >= 15 is 0 Å². The molecule has 0 bridgehead atoms. The Labute approximate surface area is 55.1 Å². The molecule has 0 aromatic carbocycles. The Morgan fingerprint density at radius 1 is 0.900 bits per heavy atom. The molecule has 0 radical (unpaired) electrons. The zero-order valence-corrected chi connectivity index (χ0v) is 6.11. The van der Waals surface area contributed by atoms with Gasteiger partial charge in [0.05, 0.1) is 0 Å². The van der Waals surface area contributed by atoms with Gasteiger partial charge in [0, 0.05) is 0 Å². The third-order valence-electron chi connectivity index (χ3n) is 0. The molecule has 0 aliphatic rings. The van der Waals surface area contributed by atoms with Gasteiger partial charge in [0.1, 0.15) is 0 Å². The fourth-order valence-corrected chi connectivity index (χ4v) is 0. The Morgan fingerprint density at radius 3 is 0.900 bits per heavy atom. The SMILES string of the molecule is CNC.F[P-](F)(F)(F)(F)F.[H+]. The fourth-order valence-electron chi connectivity index (χ4n) is 0. The molecule has 68 valence electrons. The monoisotopic (exact) mass is 191 g/mol. The molecule has 1 nitrogen and oxygen atoms in total.